The van der Waals surface area contributed by atoms with Crippen LogP contribution in [0.1, 0.15) is 31.1 Å². The summed E-state index contributed by atoms with van der Waals surface area (Å²) >= 11 is 0. The van der Waals surface area contributed by atoms with E-state index in [2.05, 4.69) is 5.32 Å². The van der Waals surface area contributed by atoms with Crippen molar-refractivity contribution in [3.8, 4) is 5.75 Å². The van der Waals surface area contributed by atoms with Gasteiger partial charge in [0.1, 0.15) is 11.3 Å². The molecule has 2 unspecified atom stereocenters. The van der Waals surface area contributed by atoms with E-state index < -0.39 is 0 Å². The molecule has 1 aromatic rings. The third-order valence-electron chi connectivity index (χ3n) is 3.09. The van der Waals surface area contributed by atoms with Gasteiger partial charge in [-0.15, -0.1) is 0 Å². The van der Waals surface area contributed by atoms with E-state index in [-0.39, 0.29) is 24.5 Å². The first kappa shape index (κ1) is 15.3. The maximum atomic E-state index is 12.2. The normalized spacial score (nSPS) is 13.7. The van der Waals surface area contributed by atoms with Gasteiger partial charge in [0.05, 0.1) is 6.61 Å². The Morgan fingerprint density at radius 2 is 2.16 bits per heavy atom. The first-order chi connectivity index (χ1) is 9.01. The van der Waals surface area contributed by atoms with Gasteiger partial charge in [-0.1, -0.05) is 13.0 Å². The summed E-state index contributed by atoms with van der Waals surface area (Å²) in [7, 11) is 0. The Kier molecular flexibility index (Phi) is 5.63. The van der Waals surface area contributed by atoms with E-state index >= 15 is 0 Å². The SMILES string of the molecule is CCOc1cccc(N)c1C(=O)NC(C)C(C)CO. The second-order valence-electron chi connectivity index (χ2n) is 4.58. The fourth-order valence-electron chi connectivity index (χ4n) is 1.65. The zero-order chi connectivity index (χ0) is 14.4. The minimum absolute atomic E-state index is 0.0179. The van der Waals surface area contributed by atoms with Crippen molar-refractivity contribution in [2.24, 2.45) is 5.92 Å². The largest absolute Gasteiger partial charge is 0.493 e. The molecule has 0 aliphatic rings. The van der Waals surface area contributed by atoms with Gasteiger partial charge >= 0.3 is 0 Å². The van der Waals surface area contributed by atoms with Crippen molar-refractivity contribution in [3.63, 3.8) is 0 Å². The lowest BCUT2D eigenvalue weighted by Gasteiger charge is -2.20. The third kappa shape index (κ3) is 3.86. The summed E-state index contributed by atoms with van der Waals surface area (Å²) in [4.78, 5) is 12.2. The van der Waals surface area contributed by atoms with Gasteiger partial charge < -0.3 is 20.9 Å². The maximum Gasteiger partial charge on any atom is 0.257 e. The molecular formula is C14H22N2O3. The summed E-state index contributed by atoms with van der Waals surface area (Å²) in [6.45, 7) is 6.04. The smallest absolute Gasteiger partial charge is 0.257 e. The number of hydrogen-bond donors (Lipinski definition) is 3. The molecule has 0 fully saturated rings. The molecule has 0 aliphatic heterocycles. The zero-order valence-electron chi connectivity index (χ0n) is 11.6. The molecule has 0 saturated carbocycles. The Balaban J connectivity index is 2.92. The number of amides is 1. The number of benzene rings is 1. The second-order valence-corrected chi connectivity index (χ2v) is 4.58. The van der Waals surface area contributed by atoms with Crippen LogP contribution in [0.5, 0.6) is 5.75 Å². The van der Waals surface area contributed by atoms with Crippen molar-refractivity contribution >= 4 is 11.6 Å². The van der Waals surface area contributed by atoms with E-state index in [4.69, 9.17) is 15.6 Å². The van der Waals surface area contributed by atoms with E-state index in [1.165, 1.54) is 0 Å². The van der Waals surface area contributed by atoms with Crippen LogP contribution in [0, 0.1) is 5.92 Å². The zero-order valence-corrected chi connectivity index (χ0v) is 11.6. The van der Waals surface area contributed by atoms with Crippen LogP contribution in [0.4, 0.5) is 5.69 Å². The summed E-state index contributed by atoms with van der Waals surface area (Å²) in [5.74, 6) is 0.169. The quantitative estimate of drug-likeness (QED) is 0.680. The molecule has 4 N–H and O–H groups in total. The molecule has 1 amide bonds. The number of nitrogen functional groups attached to an aromatic ring is 1. The number of nitrogens with one attached hydrogen (secondary N) is 1. The molecule has 1 rings (SSSR count). The van der Waals surface area contributed by atoms with Crippen molar-refractivity contribution in [2.45, 2.75) is 26.8 Å². The standard InChI is InChI=1S/C14H22N2O3/c1-4-19-12-7-5-6-11(15)13(12)14(18)16-10(3)9(2)8-17/h5-7,9-10,17H,4,8,15H2,1-3H3,(H,16,18). The molecule has 0 heterocycles. The Morgan fingerprint density at radius 1 is 1.47 bits per heavy atom. The topological polar surface area (TPSA) is 84.6 Å². The number of carbonyl (C=O) groups excluding carboxylic acids is 1. The van der Waals surface area contributed by atoms with E-state index in [0.29, 0.717) is 23.6 Å². The Hall–Kier alpha value is -1.75. The summed E-state index contributed by atoms with van der Waals surface area (Å²) < 4.78 is 5.42. The molecule has 0 saturated heterocycles. The van der Waals surface area contributed by atoms with Gasteiger partial charge in [0.2, 0.25) is 0 Å². The van der Waals surface area contributed by atoms with Gasteiger partial charge in [-0.25, -0.2) is 0 Å². The molecule has 0 aliphatic carbocycles. The Morgan fingerprint density at radius 3 is 2.74 bits per heavy atom. The predicted octanol–water partition coefficient (Wildman–Crippen LogP) is 1.41. The lowest BCUT2D eigenvalue weighted by Crippen LogP contribution is -2.38. The minimum atomic E-state index is -0.283. The molecule has 106 valence electrons. The van der Waals surface area contributed by atoms with Crippen molar-refractivity contribution < 1.29 is 14.6 Å². The highest BCUT2D eigenvalue weighted by Crippen LogP contribution is 2.24. The first-order valence-corrected chi connectivity index (χ1v) is 6.44. The van der Waals surface area contributed by atoms with Gasteiger partial charge in [0.15, 0.2) is 0 Å². The average Bonchev–Trinajstić information content (AvgIpc) is 2.38. The molecule has 5 nitrogen and oxygen atoms in total. The molecule has 0 spiro atoms. The van der Waals surface area contributed by atoms with Crippen LogP contribution < -0.4 is 15.8 Å². The van der Waals surface area contributed by atoms with Gasteiger partial charge in [-0.05, 0) is 31.9 Å². The van der Waals surface area contributed by atoms with Crippen LogP contribution in [0.25, 0.3) is 0 Å². The maximum absolute atomic E-state index is 12.2. The van der Waals surface area contributed by atoms with Gasteiger partial charge in [-0.3, -0.25) is 4.79 Å². The van der Waals surface area contributed by atoms with E-state index in [1.807, 2.05) is 20.8 Å². The number of anilines is 1. The van der Waals surface area contributed by atoms with Gasteiger partial charge in [0.25, 0.3) is 5.91 Å². The number of aliphatic hydroxyl groups excluding tert-OH is 1. The summed E-state index contributed by atoms with van der Waals surface area (Å²) in [5, 5.41) is 11.9. The van der Waals surface area contributed by atoms with Crippen molar-refractivity contribution in [1.82, 2.24) is 5.32 Å². The Labute approximate surface area is 113 Å². The lowest BCUT2D eigenvalue weighted by molar-refractivity contribution is 0.0913. The van der Waals surface area contributed by atoms with Crippen LogP contribution >= 0.6 is 0 Å². The highest BCUT2D eigenvalue weighted by atomic mass is 16.5. The van der Waals surface area contributed by atoms with Crippen LogP contribution in [0.2, 0.25) is 0 Å². The monoisotopic (exact) mass is 266 g/mol. The first-order valence-electron chi connectivity index (χ1n) is 6.44. The fraction of sp³-hybridized carbons (Fsp3) is 0.500. The molecule has 0 radical (unpaired) electrons. The lowest BCUT2D eigenvalue weighted by atomic mass is 10.0. The average molecular weight is 266 g/mol. The number of carbonyl (C=O) groups is 1. The predicted molar refractivity (Wildman–Crippen MR) is 75.2 cm³/mol. The van der Waals surface area contributed by atoms with Gasteiger partial charge in [-0.2, -0.15) is 0 Å². The summed E-state index contributed by atoms with van der Waals surface area (Å²) in [5.41, 5.74) is 6.58. The van der Waals surface area contributed by atoms with E-state index in [0.717, 1.165) is 0 Å². The number of ether oxygens (including phenoxy) is 1. The number of aliphatic hydroxyl groups is 1. The van der Waals surface area contributed by atoms with E-state index in [9.17, 15) is 4.79 Å². The van der Waals surface area contributed by atoms with Crippen LogP contribution in [-0.2, 0) is 0 Å². The number of nitrogens with two attached hydrogens (primary N) is 1. The van der Waals surface area contributed by atoms with Crippen molar-refractivity contribution in [1.29, 1.82) is 0 Å². The van der Waals surface area contributed by atoms with Crippen LogP contribution in [0.3, 0.4) is 0 Å². The molecule has 5 heteroatoms. The van der Waals surface area contributed by atoms with Crippen LogP contribution in [0.15, 0.2) is 18.2 Å². The van der Waals surface area contributed by atoms with Gasteiger partial charge in [0, 0.05) is 18.3 Å². The number of hydrogen-bond acceptors (Lipinski definition) is 4. The molecule has 0 aromatic heterocycles. The van der Waals surface area contributed by atoms with Crippen molar-refractivity contribution in [2.75, 3.05) is 18.9 Å². The molecule has 19 heavy (non-hydrogen) atoms. The summed E-state index contributed by atoms with van der Waals surface area (Å²) in [6, 6.07) is 4.98. The molecule has 1 aromatic carbocycles. The molecule has 2 atom stereocenters. The second kappa shape index (κ2) is 6.99. The third-order valence-corrected chi connectivity index (χ3v) is 3.09. The number of rotatable bonds is 6. The Bertz CT molecular complexity index is 435. The fourth-order valence-corrected chi connectivity index (χ4v) is 1.65. The molecule has 0 bridgehead atoms. The highest BCUT2D eigenvalue weighted by molar-refractivity contribution is 6.02. The van der Waals surface area contributed by atoms with Crippen LogP contribution in [-0.4, -0.2) is 30.3 Å². The summed E-state index contributed by atoms with van der Waals surface area (Å²) in [6.07, 6.45) is 0. The minimum Gasteiger partial charge on any atom is -0.493 e. The van der Waals surface area contributed by atoms with Crippen molar-refractivity contribution in [3.05, 3.63) is 23.8 Å². The van der Waals surface area contributed by atoms with E-state index in [1.54, 1.807) is 18.2 Å². The molecular weight excluding hydrogens is 244 g/mol. The highest BCUT2D eigenvalue weighted by Gasteiger charge is 2.20.